The molecule has 7 heteroatoms. The molecule has 2 N–H and O–H groups in total. The molecule has 0 saturated carbocycles. The summed E-state index contributed by atoms with van der Waals surface area (Å²) in [5, 5.41) is 2.83. The number of benzene rings is 2. The maximum Gasteiger partial charge on any atom is 0.417 e. The summed E-state index contributed by atoms with van der Waals surface area (Å²) in [6, 6.07) is 14.4. The van der Waals surface area contributed by atoms with Crippen LogP contribution in [0.2, 0.25) is 0 Å². The van der Waals surface area contributed by atoms with Gasteiger partial charge in [-0.3, -0.25) is 9.78 Å². The Kier molecular flexibility index (Phi) is 5.76. The van der Waals surface area contributed by atoms with Gasteiger partial charge in [0.1, 0.15) is 6.17 Å². The first kappa shape index (κ1) is 19.4. The first-order chi connectivity index (χ1) is 14.1. The van der Waals surface area contributed by atoms with Gasteiger partial charge in [-0.1, -0.05) is 30.3 Å². The number of halogens is 1. The summed E-state index contributed by atoms with van der Waals surface area (Å²) >= 11 is 0. The molecule has 152 valence electrons. The van der Waals surface area contributed by atoms with Gasteiger partial charge in [-0.15, -0.1) is 0 Å². The van der Waals surface area contributed by atoms with Crippen LogP contribution in [0.25, 0.3) is 11.1 Å². The fourth-order valence-corrected chi connectivity index (χ4v) is 3.88. The van der Waals surface area contributed by atoms with Crippen LogP contribution in [0.1, 0.15) is 31.0 Å². The minimum atomic E-state index is -0.926. The van der Waals surface area contributed by atoms with E-state index in [1.54, 1.807) is 18.2 Å². The Morgan fingerprint density at radius 1 is 1.21 bits per heavy atom. The van der Waals surface area contributed by atoms with Crippen molar-refractivity contribution in [1.29, 1.82) is 0 Å². The molecule has 0 spiro atoms. The Balaban J connectivity index is 1.23. The van der Waals surface area contributed by atoms with Crippen LogP contribution in [0.15, 0.2) is 57.7 Å². The number of piperidine rings is 1. The number of aromatic amines is 1. The summed E-state index contributed by atoms with van der Waals surface area (Å²) in [5.41, 5.74) is 2.35. The van der Waals surface area contributed by atoms with E-state index in [9.17, 15) is 14.0 Å². The zero-order chi connectivity index (χ0) is 20.2. The number of nitrogens with zero attached hydrogens (tertiary/aromatic N) is 1. The third-order valence-electron chi connectivity index (χ3n) is 5.52. The molecule has 1 amide bonds. The van der Waals surface area contributed by atoms with Gasteiger partial charge in [-0.05, 0) is 49.5 Å². The number of fused-ring (bicyclic) bond motifs is 1. The quantitative estimate of drug-likeness (QED) is 0.662. The molecule has 6 nitrogen and oxygen atoms in total. The first-order valence-electron chi connectivity index (χ1n) is 9.92. The molecule has 3 aromatic rings. The highest BCUT2D eigenvalue weighted by Gasteiger charge is 2.27. The zero-order valence-corrected chi connectivity index (χ0v) is 16.1. The molecule has 1 aliphatic rings. The van der Waals surface area contributed by atoms with Crippen LogP contribution in [-0.4, -0.2) is 35.4 Å². The van der Waals surface area contributed by atoms with Gasteiger partial charge in [-0.2, -0.15) is 0 Å². The molecule has 0 radical (unpaired) electrons. The fraction of sp³-hybridized carbons (Fsp3) is 0.364. The van der Waals surface area contributed by atoms with Crippen molar-refractivity contribution in [2.75, 3.05) is 25.0 Å². The minimum Gasteiger partial charge on any atom is -0.408 e. The van der Waals surface area contributed by atoms with Crippen LogP contribution in [0.3, 0.4) is 0 Å². The summed E-state index contributed by atoms with van der Waals surface area (Å²) in [5.74, 6) is -0.586. The molecule has 1 fully saturated rings. The number of amides is 1. The Morgan fingerprint density at radius 3 is 2.72 bits per heavy atom. The van der Waals surface area contributed by atoms with Crippen LogP contribution in [0.4, 0.5) is 10.1 Å². The molecule has 2 heterocycles. The van der Waals surface area contributed by atoms with Crippen molar-refractivity contribution < 1.29 is 13.6 Å². The Morgan fingerprint density at radius 2 is 1.97 bits per heavy atom. The predicted molar refractivity (Wildman–Crippen MR) is 110 cm³/mol. The van der Waals surface area contributed by atoms with Gasteiger partial charge in [0, 0.05) is 24.7 Å². The molecule has 1 aliphatic heterocycles. The summed E-state index contributed by atoms with van der Waals surface area (Å²) in [4.78, 5) is 28.2. The first-order valence-corrected chi connectivity index (χ1v) is 9.92. The highest BCUT2D eigenvalue weighted by atomic mass is 19.1. The van der Waals surface area contributed by atoms with E-state index in [2.05, 4.69) is 15.2 Å². The molecule has 1 atom stereocenters. The third kappa shape index (κ3) is 4.74. The summed E-state index contributed by atoms with van der Waals surface area (Å²) in [7, 11) is 0. The lowest BCUT2D eigenvalue weighted by molar-refractivity contribution is -0.116. The van der Waals surface area contributed by atoms with Gasteiger partial charge in [0.25, 0.3) is 0 Å². The van der Waals surface area contributed by atoms with Gasteiger partial charge in [0.2, 0.25) is 5.91 Å². The van der Waals surface area contributed by atoms with E-state index < -0.39 is 11.9 Å². The van der Waals surface area contributed by atoms with E-state index in [0.717, 1.165) is 31.5 Å². The normalized spacial score (nSPS) is 16.7. The van der Waals surface area contributed by atoms with Crippen LogP contribution in [-0.2, 0) is 4.79 Å². The maximum absolute atomic E-state index is 14.7. The molecule has 1 saturated heterocycles. The van der Waals surface area contributed by atoms with E-state index in [0.29, 0.717) is 29.8 Å². The number of H-pyrrole nitrogens is 1. The van der Waals surface area contributed by atoms with Crippen LogP contribution in [0, 0.1) is 5.92 Å². The topological polar surface area (TPSA) is 78.3 Å². The van der Waals surface area contributed by atoms with E-state index in [-0.39, 0.29) is 11.8 Å². The number of likely N-dealkylation sites (tertiary alicyclic amines) is 1. The summed E-state index contributed by atoms with van der Waals surface area (Å²) in [6.07, 6.45) is 1.02. The lowest BCUT2D eigenvalue weighted by Gasteiger charge is -2.33. The second kappa shape index (κ2) is 8.61. The average Bonchev–Trinajstić information content (AvgIpc) is 3.12. The molecule has 29 heavy (non-hydrogen) atoms. The second-order valence-corrected chi connectivity index (χ2v) is 7.52. The van der Waals surface area contributed by atoms with Crippen molar-refractivity contribution in [3.8, 4) is 0 Å². The molecule has 0 aliphatic carbocycles. The minimum absolute atomic E-state index is 0.0326. The number of rotatable bonds is 6. The SMILES string of the molecule is O=C(CCN1CCC(C(F)c2ccccc2)CC1)Nc1ccc2[nH]c(=O)oc2c1. The van der Waals surface area contributed by atoms with Gasteiger partial charge >= 0.3 is 5.76 Å². The average molecular weight is 397 g/mol. The van der Waals surface area contributed by atoms with Crippen LogP contribution < -0.4 is 11.1 Å². The van der Waals surface area contributed by atoms with Crippen LogP contribution in [0.5, 0.6) is 0 Å². The lowest BCUT2D eigenvalue weighted by atomic mass is 9.88. The largest absolute Gasteiger partial charge is 0.417 e. The third-order valence-corrected chi connectivity index (χ3v) is 5.52. The van der Waals surface area contributed by atoms with Crippen LogP contribution >= 0.6 is 0 Å². The van der Waals surface area contributed by atoms with Gasteiger partial charge in [0.05, 0.1) is 5.52 Å². The number of anilines is 1. The van der Waals surface area contributed by atoms with E-state index in [1.165, 1.54) is 0 Å². The van der Waals surface area contributed by atoms with Crippen molar-refractivity contribution in [3.05, 3.63) is 64.6 Å². The summed E-state index contributed by atoms with van der Waals surface area (Å²) < 4.78 is 19.7. The predicted octanol–water partition coefficient (Wildman–Crippen LogP) is 3.87. The molecule has 1 aromatic heterocycles. The number of nitrogens with one attached hydrogen (secondary N) is 2. The Bertz CT molecular complexity index is 1020. The van der Waals surface area contributed by atoms with Crippen molar-refractivity contribution in [2.24, 2.45) is 5.92 Å². The standard InChI is InChI=1S/C22H24FN3O3/c23-21(15-4-2-1-3-5-15)16-8-11-26(12-9-16)13-10-20(27)24-17-6-7-18-19(14-17)29-22(28)25-18/h1-7,14,16,21H,8-13H2,(H,24,27)(H,25,28). The van der Waals surface area contributed by atoms with E-state index in [1.807, 2.05) is 30.3 Å². The number of carbonyl (C=O) groups excluding carboxylic acids is 1. The summed E-state index contributed by atoms with van der Waals surface area (Å²) in [6.45, 7) is 2.24. The molecule has 2 aromatic carbocycles. The number of hydrogen-bond acceptors (Lipinski definition) is 4. The van der Waals surface area contributed by atoms with Crippen molar-refractivity contribution >= 4 is 22.7 Å². The van der Waals surface area contributed by atoms with Crippen molar-refractivity contribution in [2.45, 2.75) is 25.4 Å². The molecular weight excluding hydrogens is 373 g/mol. The number of hydrogen-bond donors (Lipinski definition) is 2. The number of oxazole rings is 1. The molecule has 1 unspecified atom stereocenters. The monoisotopic (exact) mass is 397 g/mol. The van der Waals surface area contributed by atoms with Crippen molar-refractivity contribution in [1.82, 2.24) is 9.88 Å². The Labute approximate surface area is 167 Å². The lowest BCUT2D eigenvalue weighted by Crippen LogP contribution is -2.36. The second-order valence-electron chi connectivity index (χ2n) is 7.52. The fourth-order valence-electron chi connectivity index (χ4n) is 3.88. The molecular formula is C22H24FN3O3. The highest BCUT2D eigenvalue weighted by molar-refractivity contribution is 5.92. The van der Waals surface area contributed by atoms with E-state index in [4.69, 9.17) is 4.42 Å². The number of alkyl halides is 1. The molecule has 0 bridgehead atoms. The van der Waals surface area contributed by atoms with E-state index >= 15 is 0 Å². The zero-order valence-electron chi connectivity index (χ0n) is 16.1. The van der Waals surface area contributed by atoms with Gasteiger partial charge in [0.15, 0.2) is 5.58 Å². The Hall–Kier alpha value is -2.93. The van der Waals surface area contributed by atoms with Gasteiger partial charge < -0.3 is 14.6 Å². The number of aromatic nitrogens is 1. The number of carbonyl (C=O) groups is 1. The smallest absolute Gasteiger partial charge is 0.408 e. The molecule has 4 rings (SSSR count). The van der Waals surface area contributed by atoms with Gasteiger partial charge in [-0.25, -0.2) is 9.18 Å². The highest BCUT2D eigenvalue weighted by Crippen LogP contribution is 2.33. The van der Waals surface area contributed by atoms with Crippen molar-refractivity contribution in [3.63, 3.8) is 0 Å². The maximum atomic E-state index is 14.7.